The minimum atomic E-state index is -0.0698. The van der Waals surface area contributed by atoms with Crippen LogP contribution in [0, 0.1) is 13.8 Å². The summed E-state index contributed by atoms with van der Waals surface area (Å²) in [5.74, 6) is 0.592. The number of rotatable bonds is 6. The second kappa shape index (κ2) is 7.08. The Morgan fingerprint density at radius 1 is 1.25 bits per heavy atom. The summed E-state index contributed by atoms with van der Waals surface area (Å²) in [6, 6.07) is 11.6. The molecule has 1 aromatic carbocycles. The van der Waals surface area contributed by atoms with E-state index in [-0.39, 0.29) is 18.9 Å². The SMILES string of the molecule is Cc1cc(OCC(=O)CN=Cc2cccc3[nH]ccc23)cc(C)n1. The van der Waals surface area contributed by atoms with Crippen LogP contribution in [0.4, 0.5) is 0 Å². The first kappa shape index (κ1) is 15.9. The number of H-pyrrole nitrogens is 1. The molecule has 2 aromatic heterocycles. The molecule has 0 unspecified atom stereocenters. The van der Waals surface area contributed by atoms with Crippen LogP contribution in [0.15, 0.2) is 47.6 Å². The van der Waals surface area contributed by atoms with Gasteiger partial charge in [0, 0.05) is 52.4 Å². The van der Waals surface area contributed by atoms with Crippen LogP contribution in [0.25, 0.3) is 10.9 Å². The van der Waals surface area contributed by atoms with E-state index in [0.29, 0.717) is 5.75 Å². The number of benzene rings is 1. The zero-order valence-corrected chi connectivity index (χ0v) is 13.7. The van der Waals surface area contributed by atoms with Crippen molar-refractivity contribution in [2.24, 2.45) is 4.99 Å². The summed E-state index contributed by atoms with van der Waals surface area (Å²) in [6.45, 7) is 3.90. The lowest BCUT2D eigenvalue weighted by Gasteiger charge is -2.06. The molecule has 0 saturated carbocycles. The summed E-state index contributed by atoms with van der Waals surface area (Å²) < 4.78 is 5.52. The fourth-order valence-corrected chi connectivity index (χ4v) is 2.56. The third-order valence-electron chi connectivity index (χ3n) is 3.58. The van der Waals surface area contributed by atoms with Crippen LogP contribution in [0.3, 0.4) is 0 Å². The number of pyridine rings is 1. The standard InChI is InChI=1S/C19H19N3O2/c1-13-8-17(9-14(2)22-13)24-12-16(23)11-20-10-15-4-3-5-19-18(15)6-7-21-19/h3-10,21H,11-12H2,1-2H3. The van der Waals surface area contributed by atoms with Gasteiger partial charge in [-0.05, 0) is 26.0 Å². The van der Waals surface area contributed by atoms with Crippen molar-refractivity contribution < 1.29 is 9.53 Å². The van der Waals surface area contributed by atoms with Crippen molar-refractivity contribution >= 4 is 22.9 Å². The molecule has 2 heterocycles. The molecule has 0 atom stereocenters. The number of aromatic amines is 1. The van der Waals surface area contributed by atoms with Gasteiger partial charge in [-0.1, -0.05) is 12.1 Å². The van der Waals surface area contributed by atoms with Gasteiger partial charge in [0.15, 0.2) is 5.78 Å². The minimum Gasteiger partial charge on any atom is -0.486 e. The Kier molecular flexibility index (Phi) is 4.70. The summed E-state index contributed by atoms with van der Waals surface area (Å²) in [4.78, 5) is 23.6. The average molecular weight is 321 g/mol. The molecule has 0 bridgehead atoms. The Morgan fingerprint density at radius 2 is 2.04 bits per heavy atom. The van der Waals surface area contributed by atoms with Gasteiger partial charge in [0.25, 0.3) is 0 Å². The summed E-state index contributed by atoms with van der Waals surface area (Å²) in [7, 11) is 0. The number of ether oxygens (including phenoxy) is 1. The number of fused-ring (bicyclic) bond motifs is 1. The maximum Gasteiger partial charge on any atom is 0.191 e. The van der Waals surface area contributed by atoms with Gasteiger partial charge in [-0.25, -0.2) is 0 Å². The predicted octanol–water partition coefficient (Wildman–Crippen LogP) is 3.25. The van der Waals surface area contributed by atoms with E-state index >= 15 is 0 Å². The number of hydrogen-bond donors (Lipinski definition) is 1. The monoisotopic (exact) mass is 321 g/mol. The van der Waals surface area contributed by atoms with E-state index in [1.807, 2.05) is 56.4 Å². The van der Waals surface area contributed by atoms with E-state index < -0.39 is 0 Å². The Morgan fingerprint density at radius 3 is 2.83 bits per heavy atom. The highest BCUT2D eigenvalue weighted by Gasteiger charge is 2.04. The fraction of sp³-hybridized carbons (Fsp3) is 0.211. The maximum absolute atomic E-state index is 11.9. The first-order valence-corrected chi connectivity index (χ1v) is 7.77. The molecule has 0 saturated heterocycles. The molecule has 0 aliphatic heterocycles. The molecule has 0 aliphatic rings. The van der Waals surface area contributed by atoms with Gasteiger partial charge in [-0.15, -0.1) is 0 Å². The Hall–Kier alpha value is -2.95. The quantitative estimate of drug-likeness (QED) is 0.709. The summed E-state index contributed by atoms with van der Waals surface area (Å²) in [6.07, 6.45) is 3.62. The topological polar surface area (TPSA) is 67.3 Å². The van der Waals surface area contributed by atoms with E-state index in [9.17, 15) is 4.79 Å². The summed E-state index contributed by atoms with van der Waals surface area (Å²) in [5.41, 5.74) is 3.78. The van der Waals surface area contributed by atoms with Gasteiger partial charge in [0.05, 0.1) is 0 Å². The Balaban J connectivity index is 1.56. The van der Waals surface area contributed by atoms with Gasteiger partial charge < -0.3 is 9.72 Å². The number of ketones is 1. The van der Waals surface area contributed by atoms with E-state index in [4.69, 9.17) is 4.74 Å². The van der Waals surface area contributed by atoms with Crippen molar-refractivity contribution in [3.63, 3.8) is 0 Å². The molecule has 24 heavy (non-hydrogen) atoms. The van der Waals surface area contributed by atoms with Crippen LogP contribution in [0.2, 0.25) is 0 Å². The zero-order valence-electron chi connectivity index (χ0n) is 13.7. The lowest BCUT2D eigenvalue weighted by atomic mass is 10.1. The Labute approximate surface area is 140 Å². The van der Waals surface area contributed by atoms with Crippen molar-refractivity contribution in [1.29, 1.82) is 0 Å². The van der Waals surface area contributed by atoms with Crippen LogP contribution in [0.5, 0.6) is 5.75 Å². The van der Waals surface area contributed by atoms with Crippen molar-refractivity contribution in [3.8, 4) is 5.75 Å². The number of carbonyl (C=O) groups excluding carboxylic acids is 1. The predicted molar refractivity (Wildman–Crippen MR) is 95.0 cm³/mol. The van der Waals surface area contributed by atoms with E-state index in [1.165, 1.54) is 0 Å². The minimum absolute atomic E-state index is 0.00852. The molecule has 0 amide bonds. The molecular formula is C19H19N3O2. The lowest BCUT2D eigenvalue weighted by Crippen LogP contribution is -2.14. The molecular weight excluding hydrogens is 302 g/mol. The largest absolute Gasteiger partial charge is 0.486 e. The number of aromatic nitrogens is 2. The molecule has 5 heteroatoms. The smallest absolute Gasteiger partial charge is 0.191 e. The zero-order chi connectivity index (χ0) is 16.9. The molecule has 0 aliphatic carbocycles. The van der Waals surface area contributed by atoms with E-state index in [2.05, 4.69) is 15.0 Å². The number of Topliss-reactive ketones (excluding diaryl/α,β-unsaturated/α-hetero) is 1. The second-order valence-electron chi connectivity index (χ2n) is 5.67. The molecule has 122 valence electrons. The van der Waals surface area contributed by atoms with Gasteiger partial charge >= 0.3 is 0 Å². The van der Waals surface area contributed by atoms with Gasteiger partial charge in [0.1, 0.15) is 18.9 Å². The summed E-state index contributed by atoms with van der Waals surface area (Å²) in [5, 5.41) is 1.09. The normalized spacial score (nSPS) is 11.2. The van der Waals surface area contributed by atoms with Crippen LogP contribution in [-0.2, 0) is 4.79 Å². The van der Waals surface area contributed by atoms with Crippen molar-refractivity contribution in [2.45, 2.75) is 13.8 Å². The highest BCUT2D eigenvalue weighted by Crippen LogP contribution is 2.15. The average Bonchev–Trinajstić information content (AvgIpc) is 3.01. The van der Waals surface area contributed by atoms with Crippen LogP contribution >= 0.6 is 0 Å². The highest BCUT2D eigenvalue weighted by molar-refractivity contribution is 5.99. The van der Waals surface area contributed by atoms with E-state index in [1.54, 1.807) is 6.21 Å². The fourth-order valence-electron chi connectivity index (χ4n) is 2.56. The van der Waals surface area contributed by atoms with Crippen LogP contribution in [-0.4, -0.2) is 35.1 Å². The lowest BCUT2D eigenvalue weighted by molar-refractivity contribution is -0.119. The Bertz CT molecular complexity index is 876. The number of nitrogens with zero attached hydrogens (tertiary/aromatic N) is 2. The number of hydrogen-bond acceptors (Lipinski definition) is 4. The second-order valence-corrected chi connectivity index (χ2v) is 5.67. The molecule has 0 spiro atoms. The molecule has 3 aromatic rings. The molecule has 0 fully saturated rings. The van der Waals surface area contributed by atoms with E-state index in [0.717, 1.165) is 27.9 Å². The number of nitrogens with one attached hydrogen (secondary N) is 1. The summed E-state index contributed by atoms with van der Waals surface area (Å²) >= 11 is 0. The number of aryl methyl sites for hydroxylation is 2. The third-order valence-corrected chi connectivity index (χ3v) is 3.58. The third kappa shape index (κ3) is 3.87. The van der Waals surface area contributed by atoms with Crippen molar-refractivity contribution in [1.82, 2.24) is 9.97 Å². The van der Waals surface area contributed by atoms with Crippen molar-refractivity contribution in [3.05, 3.63) is 59.5 Å². The molecule has 0 radical (unpaired) electrons. The van der Waals surface area contributed by atoms with Gasteiger partial charge in [-0.2, -0.15) is 0 Å². The van der Waals surface area contributed by atoms with Crippen molar-refractivity contribution in [2.75, 3.05) is 13.2 Å². The van der Waals surface area contributed by atoms with Gasteiger partial charge in [-0.3, -0.25) is 14.8 Å². The van der Waals surface area contributed by atoms with Crippen LogP contribution in [0.1, 0.15) is 17.0 Å². The highest BCUT2D eigenvalue weighted by atomic mass is 16.5. The first-order valence-electron chi connectivity index (χ1n) is 7.77. The van der Waals surface area contributed by atoms with Crippen LogP contribution < -0.4 is 4.74 Å². The number of aliphatic imine (C=N–C) groups is 1. The van der Waals surface area contributed by atoms with Gasteiger partial charge in [0.2, 0.25) is 0 Å². The maximum atomic E-state index is 11.9. The first-order chi connectivity index (χ1) is 11.6. The molecule has 5 nitrogen and oxygen atoms in total. The molecule has 3 rings (SSSR count). The molecule has 1 N–H and O–H groups in total. The number of carbonyl (C=O) groups is 1.